The van der Waals surface area contributed by atoms with Gasteiger partial charge in [-0.1, -0.05) is 54.6 Å². The lowest BCUT2D eigenvalue weighted by Gasteiger charge is -2.15. The Balaban J connectivity index is 1.35. The van der Waals surface area contributed by atoms with Gasteiger partial charge in [0.05, 0.1) is 28.9 Å². The topological polar surface area (TPSA) is 148 Å². The minimum absolute atomic E-state index is 0.0335. The Hall–Kier alpha value is -6.03. The van der Waals surface area contributed by atoms with Crippen LogP contribution < -0.4 is 20.7 Å². The van der Waals surface area contributed by atoms with Gasteiger partial charge in [0, 0.05) is 37.4 Å². The summed E-state index contributed by atoms with van der Waals surface area (Å²) in [7, 11) is -2.36. The van der Waals surface area contributed by atoms with Crippen molar-refractivity contribution in [2.75, 3.05) is 31.8 Å². The molecule has 0 aliphatic heterocycles. The van der Waals surface area contributed by atoms with Crippen LogP contribution in [-0.2, 0) is 27.2 Å². The molecule has 3 N–H and O–H groups in total. The Kier molecular flexibility index (Phi) is 12.2. The van der Waals surface area contributed by atoms with Gasteiger partial charge in [0.1, 0.15) is 17.3 Å². The van der Waals surface area contributed by atoms with E-state index in [1.54, 1.807) is 6.07 Å². The minimum Gasteiger partial charge on any atom is -0.497 e. The summed E-state index contributed by atoms with van der Waals surface area (Å²) in [5.74, 6) is -2.99. The number of amides is 3. The number of hydrogen-bond acceptors (Lipinski definition) is 7. The molecule has 0 aliphatic carbocycles. The van der Waals surface area contributed by atoms with Crippen LogP contribution in [0.2, 0.25) is 0 Å². The summed E-state index contributed by atoms with van der Waals surface area (Å²) in [6.07, 6.45) is -3.00. The fraction of sp³-hybridized carbons (Fsp3) is 0.211. The standard InChI is InChI=1S/C38H35F4N5O6S/c1-53-26-15-17-31(28(22-26)36(49)44-19-8-13-35(48)43-20-18-24-9-4-3-5-10-24)47-32(23-34(46-47)38(40,41)42)37(50)45-30-16-14-25(21-29(30)39)27-11-6-7-12-33(27)54(2,51)52/h3-7,9-12,14-17,21-23H,8,13,18-20H2,1-2H3,(H,43,48)(H,44,49)(H,45,50). The predicted octanol–water partition coefficient (Wildman–Crippen LogP) is 6.23. The number of sulfone groups is 1. The molecule has 4 aromatic carbocycles. The summed E-state index contributed by atoms with van der Waals surface area (Å²) in [4.78, 5) is 39.2. The summed E-state index contributed by atoms with van der Waals surface area (Å²) in [5.41, 5.74) is -1.53. The molecule has 5 rings (SSSR count). The molecule has 1 heterocycles. The first-order valence-corrected chi connectivity index (χ1v) is 18.4. The monoisotopic (exact) mass is 765 g/mol. The fourth-order valence-electron chi connectivity index (χ4n) is 5.50. The number of aromatic nitrogens is 2. The van der Waals surface area contributed by atoms with Crippen LogP contribution in [0.5, 0.6) is 5.75 Å². The number of ether oxygens (including phenoxy) is 1. The second-order valence-electron chi connectivity index (χ2n) is 12.1. The highest BCUT2D eigenvalue weighted by Crippen LogP contribution is 2.33. The van der Waals surface area contributed by atoms with Gasteiger partial charge < -0.3 is 20.7 Å². The maximum atomic E-state index is 15.4. The van der Waals surface area contributed by atoms with E-state index in [2.05, 4.69) is 21.0 Å². The van der Waals surface area contributed by atoms with Gasteiger partial charge in [-0.15, -0.1) is 0 Å². The zero-order valence-corrected chi connectivity index (χ0v) is 29.9. The number of carbonyl (C=O) groups is 3. The van der Waals surface area contributed by atoms with E-state index < -0.39 is 50.7 Å². The normalized spacial score (nSPS) is 11.5. The molecule has 0 unspecified atom stereocenters. The van der Waals surface area contributed by atoms with Crippen molar-refractivity contribution in [2.24, 2.45) is 0 Å². The molecule has 0 radical (unpaired) electrons. The van der Waals surface area contributed by atoms with Crippen LogP contribution in [0.15, 0.2) is 102 Å². The van der Waals surface area contributed by atoms with E-state index in [0.717, 1.165) is 24.0 Å². The van der Waals surface area contributed by atoms with Gasteiger partial charge in [-0.25, -0.2) is 17.5 Å². The van der Waals surface area contributed by atoms with Crippen molar-refractivity contribution in [1.82, 2.24) is 20.4 Å². The Bertz CT molecular complexity index is 2280. The molecule has 0 atom stereocenters. The second kappa shape index (κ2) is 16.8. The van der Waals surface area contributed by atoms with Crippen LogP contribution in [0.4, 0.5) is 23.2 Å². The summed E-state index contributed by atoms with van der Waals surface area (Å²) in [5, 5.41) is 11.3. The van der Waals surface area contributed by atoms with Crippen molar-refractivity contribution in [3.63, 3.8) is 0 Å². The van der Waals surface area contributed by atoms with Crippen molar-refractivity contribution >= 4 is 33.2 Å². The molecule has 11 nitrogen and oxygen atoms in total. The van der Waals surface area contributed by atoms with E-state index >= 15 is 4.39 Å². The molecule has 1 aromatic heterocycles. The van der Waals surface area contributed by atoms with Gasteiger partial charge in [0.2, 0.25) is 5.91 Å². The van der Waals surface area contributed by atoms with Crippen LogP contribution in [0.3, 0.4) is 0 Å². The third kappa shape index (κ3) is 9.69. The first-order chi connectivity index (χ1) is 25.7. The average Bonchev–Trinajstić information content (AvgIpc) is 3.61. The molecule has 0 spiro atoms. The maximum absolute atomic E-state index is 15.4. The van der Waals surface area contributed by atoms with Gasteiger partial charge in [0.25, 0.3) is 11.8 Å². The SMILES string of the molecule is COc1ccc(-n2nc(C(F)(F)F)cc2C(=O)Nc2ccc(-c3ccccc3S(C)(=O)=O)cc2F)c(C(=O)NCCCC(=O)NCCc2ccccc2)c1. The fourth-order valence-corrected chi connectivity index (χ4v) is 6.41. The van der Waals surface area contributed by atoms with Gasteiger partial charge in [0.15, 0.2) is 15.5 Å². The number of nitrogens with one attached hydrogen (secondary N) is 3. The van der Waals surface area contributed by atoms with Gasteiger partial charge in [-0.05, 0) is 60.4 Å². The largest absolute Gasteiger partial charge is 0.497 e. The summed E-state index contributed by atoms with van der Waals surface area (Å²) in [6, 6.07) is 23.3. The number of methoxy groups -OCH3 is 1. The van der Waals surface area contributed by atoms with Crippen molar-refractivity contribution in [2.45, 2.75) is 30.3 Å². The number of nitrogens with zero attached hydrogens (tertiary/aromatic N) is 2. The number of hydrogen-bond donors (Lipinski definition) is 3. The molecular formula is C38H35F4N5O6S. The Morgan fingerprint density at radius 1 is 0.852 bits per heavy atom. The number of alkyl halides is 3. The first kappa shape index (κ1) is 39.2. The molecule has 0 saturated carbocycles. The lowest BCUT2D eigenvalue weighted by atomic mass is 10.0. The van der Waals surface area contributed by atoms with Crippen molar-refractivity contribution in [3.8, 4) is 22.6 Å². The summed E-state index contributed by atoms with van der Waals surface area (Å²) < 4.78 is 87.6. The number of benzene rings is 4. The van der Waals surface area contributed by atoms with Crippen molar-refractivity contribution in [1.29, 1.82) is 0 Å². The summed E-state index contributed by atoms with van der Waals surface area (Å²) in [6.45, 7) is 0.464. The van der Waals surface area contributed by atoms with Gasteiger partial charge >= 0.3 is 6.18 Å². The zero-order valence-electron chi connectivity index (χ0n) is 29.0. The molecule has 0 bridgehead atoms. The highest BCUT2D eigenvalue weighted by Gasteiger charge is 2.37. The van der Waals surface area contributed by atoms with Crippen molar-refractivity contribution in [3.05, 3.63) is 125 Å². The number of rotatable bonds is 14. The number of halogens is 4. The third-order valence-corrected chi connectivity index (χ3v) is 9.32. The first-order valence-electron chi connectivity index (χ1n) is 16.5. The Labute approximate surface area is 308 Å². The lowest BCUT2D eigenvalue weighted by Crippen LogP contribution is -2.29. The second-order valence-corrected chi connectivity index (χ2v) is 14.1. The highest BCUT2D eigenvalue weighted by molar-refractivity contribution is 7.90. The number of carbonyl (C=O) groups excluding carboxylic acids is 3. The van der Waals surface area contributed by atoms with Crippen LogP contribution in [0.1, 0.15) is 44.9 Å². The van der Waals surface area contributed by atoms with E-state index in [4.69, 9.17) is 4.74 Å². The molecule has 54 heavy (non-hydrogen) atoms. The van der Waals surface area contributed by atoms with Crippen LogP contribution >= 0.6 is 0 Å². The smallest absolute Gasteiger partial charge is 0.435 e. The molecule has 0 aliphatic rings. The lowest BCUT2D eigenvalue weighted by molar-refractivity contribution is -0.141. The quantitative estimate of drug-likeness (QED) is 0.0897. The van der Waals surface area contributed by atoms with E-state index in [0.29, 0.717) is 23.7 Å². The van der Waals surface area contributed by atoms with Crippen LogP contribution in [0.25, 0.3) is 16.8 Å². The Morgan fingerprint density at radius 3 is 2.26 bits per heavy atom. The van der Waals surface area contributed by atoms with Crippen LogP contribution in [0, 0.1) is 5.82 Å². The molecule has 0 saturated heterocycles. The van der Waals surface area contributed by atoms with E-state index in [1.165, 1.54) is 49.6 Å². The highest BCUT2D eigenvalue weighted by atomic mass is 32.2. The van der Waals surface area contributed by atoms with Gasteiger partial charge in [-0.2, -0.15) is 18.3 Å². The van der Waals surface area contributed by atoms with E-state index in [1.807, 2.05) is 30.3 Å². The molecule has 16 heteroatoms. The maximum Gasteiger partial charge on any atom is 0.435 e. The van der Waals surface area contributed by atoms with Crippen LogP contribution in [-0.4, -0.2) is 62.4 Å². The summed E-state index contributed by atoms with van der Waals surface area (Å²) >= 11 is 0. The molecule has 0 fully saturated rings. The van der Waals surface area contributed by atoms with E-state index in [-0.39, 0.29) is 58.3 Å². The predicted molar refractivity (Wildman–Crippen MR) is 193 cm³/mol. The minimum atomic E-state index is -5.00. The molecule has 5 aromatic rings. The van der Waals surface area contributed by atoms with Crippen molar-refractivity contribution < 1.29 is 45.1 Å². The zero-order chi connectivity index (χ0) is 39.0. The van der Waals surface area contributed by atoms with E-state index in [9.17, 15) is 36.0 Å². The average molecular weight is 766 g/mol. The van der Waals surface area contributed by atoms with Gasteiger partial charge in [-0.3, -0.25) is 14.4 Å². The number of anilines is 1. The Morgan fingerprint density at radius 2 is 1.57 bits per heavy atom. The third-order valence-electron chi connectivity index (χ3n) is 8.17. The molecule has 3 amide bonds. The molecular weight excluding hydrogens is 731 g/mol. The molecule has 282 valence electrons.